The van der Waals surface area contributed by atoms with Gasteiger partial charge >= 0.3 is 12.4 Å². The molecule has 0 bridgehead atoms. The number of carbonyl (C=O) groups excluding carboxylic acids is 2. The number of ketones is 1. The molecule has 2 aliphatic rings. The third-order valence-electron chi connectivity index (χ3n) is 6.03. The van der Waals surface area contributed by atoms with Crippen LogP contribution in [0.4, 0.5) is 26.3 Å². The van der Waals surface area contributed by atoms with Gasteiger partial charge < -0.3 is 5.32 Å². The van der Waals surface area contributed by atoms with Gasteiger partial charge in [-0.05, 0) is 60.6 Å². The van der Waals surface area contributed by atoms with Gasteiger partial charge in [0.05, 0.1) is 16.7 Å². The molecule has 2 aromatic carbocycles. The summed E-state index contributed by atoms with van der Waals surface area (Å²) in [6, 6.07) is 6.84. The number of hydrogen-bond donors (Lipinski definition) is 1. The highest BCUT2D eigenvalue weighted by Gasteiger charge is 2.58. The number of amides is 1. The Kier molecular flexibility index (Phi) is 4.71. The summed E-state index contributed by atoms with van der Waals surface area (Å²) in [5.41, 5.74) is -3.53. The van der Waals surface area contributed by atoms with E-state index >= 15 is 0 Å². The van der Waals surface area contributed by atoms with Crippen LogP contribution in [0, 0.1) is 5.92 Å². The van der Waals surface area contributed by atoms with Crippen LogP contribution in [0.5, 0.6) is 0 Å². The van der Waals surface area contributed by atoms with Crippen LogP contribution in [-0.4, -0.2) is 17.2 Å². The first kappa shape index (κ1) is 21.4. The molecule has 2 unspecified atom stereocenters. The molecule has 4 rings (SSSR count). The number of nitrogens with one attached hydrogen (secondary N) is 1. The van der Waals surface area contributed by atoms with Crippen LogP contribution >= 0.6 is 0 Å². The van der Waals surface area contributed by atoms with Crippen molar-refractivity contribution in [3.8, 4) is 11.1 Å². The molecule has 1 heterocycles. The summed E-state index contributed by atoms with van der Waals surface area (Å²) in [6.07, 6.45) is -8.00. The molecule has 0 aromatic heterocycles. The molecule has 1 amide bonds. The largest absolute Gasteiger partial charge is 0.416 e. The minimum atomic E-state index is -4.86. The summed E-state index contributed by atoms with van der Waals surface area (Å²) < 4.78 is 79.8. The van der Waals surface area contributed by atoms with Gasteiger partial charge in [-0.25, -0.2) is 0 Å². The minimum absolute atomic E-state index is 0.0283. The predicted octanol–water partition coefficient (Wildman–Crippen LogP) is 5.34. The molecule has 2 fully saturated rings. The average molecular weight is 441 g/mol. The summed E-state index contributed by atoms with van der Waals surface area (Å²) >= 11 is 0. The molecule has 0 spiro atoms. The summed E-state index contributed by atoms with van der Waals surface area (Å²) in [5.74, 6) is -3.03. The molecule has 1 saturated heterocycles. The average Bonchev–Trinajstić information content (AvgIpc) is 3.49. The Balaban J connectivity index is 1.75. The van der Waals surface area contributed by atoms with Crippen molar-refractivity contribution >= 4 is 11.7 Å². The topological polar surface area (TPSA) is 46.2 Å². The Labute approximate surface area is 173 Å². The Morgan fingerprint density at radius 1 is 0.871 bits per heavy atom. The Morgan fingerprint density at radius 3 is 1.97 bits per heavy atom. The van der Waals surface area contributed by atoms with Gasteiger partial charge in [0, 0.05) is 0 Å². The van der Waals surface area contributed by atoms with Crippen LogP contribution in [0.3, 0.4) is 0 Å². The predicted molar refractivity (Wildman–Crippen MR) is 98.9 cm³/mol. The molecule has 1 aliphatic carbocycles. The van der Waals surface area contributed by atoms with Crippen LogP contribution in [0.15, 0.2) is 42.5 Å². The molecular formula is C22H17F6NO2. The molecule has 1 aliphatic heterocycles. The zero-order chi connectivity index (χ0) is 22.8. The van der Waals surface area contributed by atoms with Gasteiger partial charge in [0.15, 0.2) is 5.78 Å². The lowest BCUT2D eigenvalue weighted by Gasteiger charge is -2.22. The van der Waals surface area contributed by atoms with Gasteiger partial charge in [-0.2, -0.15) is 26.3 Å². The Hall–Kier alpha value is -2.84. The van der Waals surface area contributed by atoms with Crippen molar-refractivity contribution < 1.29 is 35.9 Å². The second-order valence-electron chi connectivity index (χ2n) is 8.14. The van der Waals surface area contributed by atoms with Gasteiger partial charge in [0.25, 0.3) is 0 Å². The number of rotatable bonds is 3. The molecular weight excluding hydrogens is 424 g/mol. The van der Waals surface area contributed by atoms with E-state index in [0.717, 1.165) is 36.4 Å². The normalized spacial score (nSPS) is 24.4. The highest BCUT2D eigenvalue weighted by molar-refractivity contribution is 6.17. The first-order valence-electron chi connectivity index (χ1n) is 9.57. The van der Waals surface area contributed by atoms with Crippen molar-refractivity contribution in [3.05, 3.63) is 59.2 Å². The van der Waals surface area contributed by atoms with Crippen LogP contribution in [-0.2, 0) is 21.9 Å². The van der Waals surface area contributed by atoms with Crippen molar-refractivity contribution in [3.63, 3.8) is 0 Å². The van der Waals surface area contributed by atoms with E-state index in [1.807, 2.05) is 0 Å². The fourth-order valence-corrected chi connectivity index (χ4v) is 4.14. The summed E-state index contributed by atoms with van der Waals surface area (Å²) in [6.45, 7) is 1.54. The fourth-order valence-electron chi connectivity index (χ4n) is 4.14. The van der Waals surface area contributed by atoms with Gasteiger partial charge in [0.1, 0.15) is 5.92 Å². The van der Waals surface area contributed by atoms with Crippen molar-refractivity contribution in [1.82, 2.24) is 5.32 Å². The lowest BCUT2D eigenvalue weighted by molar-refractivity contribution is -0.139. The summed E-state index contributed by atoms with van der Waals surface area (Å²) in [4.78, 5) is 25.4. The maximum atomic E-state index is 13.8. The molecule has 3 nitrogen and oxygen atoms in total. The van der Waals surface area contributed by atoms with Crippen molar-refractivity contribution in [2.45, 2.75) is 43.6 Å². The molecule has 31 heavy (non-hydrogen) atoms. The van der Waals surface area contributed by atoms with Crippen molar-refractivity contribution in [2.24, 2.45) is 5.92 Å². The number of Topliss-reactive ketones (excluding diaryl/α,β-unsaturated/α-hetero) is 1. The van der Waals surface area contributed by atoms with Crippen LogP contribution < -0.4 is 5.32 Å². The molecule has 164 valence electrons. The third-order valence-corrected chi connectivity index (χ3v) is 6.03. The van der Waals surface area contributed by atoms with Gasteiger partial charge in [-0.3, -0.25) is 9.59 Å². The number of benzene rings is 2. The summed E-state index contributed by atoms with van der Waals surface area (Å²) in [7, 11) is 0. The van der Waals surface area contributed by atoms with Gasteiger partial charge in [-0.1, -0.05) is 24.3 Å². The van der Waals surface area contributed by atoms with Gasteiger partial charge in [0.2, 0.25) is 5.91 Å². The second kappa shape index (κ2) is 6.83. The maximum absolute atomic E-state index is 13.8. The van der Waals surface area contributed by atoms with E-state index in [2.05, 4.69) is 5.32 Å². The quantitative estimate of drug-likeness (QED) is 0.516. The van der Waals surface area contributed by atoms with Crippen molar-refractivity contribution in [2.75, 3.05) is 0 Å². The molecule has 1 saturated carbocycles. The van der Waals surface area contributed by atoms with E-state index in [1.165, 1.54) is 13.0 Å². The van der Waals surface area contributed by atoms with Crippen LogP contribution in [0.1, 0.15) is 42.4 Å². The third kappa shape index (κ3) is 3.70. The number of carbonyl (C=O) groups is 2. The van der Waals surface area contributed by atoms with Crippen LogP contribution in [0.25, 0.3) is 11.1 Å². The number of hydrogen-bond acceptors (Lipinski definition) is 2. The fraction of sp³-hybridized carbons (Fsp3) is 0.364. The zero-order valence-electron chi connectivity index (χ0n) is 16.2. The standard InChI is InChI=1S/C22H17F6NO2/c1-20(13-7-8-13)18(30)17(19(31)29-20)15-9-4-12(10-16(15)22(26,27)28)11-2-5-14(6-3-11)21(23,24)25/h2-6,9-10,13,17H,7-8H2,1H3,(H,29,31). The van der Waals surface area contributed by atoms with E-state index in [0.29, 0.717) is 12.8 Å². The van der Waals surface area contributed by atoms with Crippen molar-refractivity contribution in [1.29, 1.82) is 0 Å². The highest BCUT2D eigenvalue weighted by atomic mass is 19.4. The molecule has 2 aromatic rings. The molecule has 0 radical (unpaired) electrons. The zero-order valence-corrected chi connectivity index (χ0v) is 16.2. The van der Waals surface area contributed by atoms with E-state index in [-0.39, 0.29) is 17.0 Å². The lowest BCUT2D eigenvalue weighted by atomic mass is 9.82. The van der Waals surface area contributed by atoms with Crippen LogP contribution in [0.2, 0.25) is 0 Å². The van der Waals surface area contributed by atoms with E-state index < -0.39 is 52.2 Å². The Morgan fingerprint density at radius 2 is 1.45 bits per heavy atom. The lowest BCUT2D eigenvalue weighted by Crippen LogP contribution is -2.45. The minimum Gasteiger partial charge on any atom is -0.343 e. The first-order valence-corrected chi connectivity index (χ1v) is 9.57. The monoisotopic (exact) mass is 441 g/mol. The molecule has 1 N–H and O–H groups in total. The molecule has 9 heteroatoms. The smallest absolute Gasteiger partial charge is 0.343 e. The van der Waals surface area contributed by atoms with E-state index in [4.69, 9.17) is 0 Å². The maximum Gasteiger partial charge on any atom is 0.416 e. The van der Waals surface area contributed by atoms with Gasteiger partial charge in [-0.15, -0.1) is 0 Å². The first-order chi connectivity index (χ1) is 14.3. The van der Waals surface area contributed by atoms with E-state index in [9.17, 15) is 35.9 Å². The molecule has 2 atom stereocenters. The number of alkyl halides is 6. The Bertz CT molecular complexity index is 1050. The second-order valence-corrected chi connectivity index (χ2v) is 8.14. The van der Waals surface area contributed by atoms with E-state index in [1.54, 1.807) is 0 Å². The SMILES string of the molecule is CC1(C2CC2)NC(=O)C(c2ccc(-c3ccc(C(F)(F)F)cc3)cc2C(F)(F)F)C1=O. The highest BCUT2D eigenvalue weighted by Crippen LogP contribution is 2.47. The summed E-state index contributed by atoms with van der Waals surface area (Å²) in [5, 5.41) is 2.57. The number of halogens is 6.